The summed E-state index contributed by atoms with van der Waals surface area (Å²) in [6.07, 6.45) is 1.56. The van der Waals surface area contributed by atoms with Crippen molar-refractivity contribution in [3.05, 3.63) is 64.7 Å². The van der Waals surface area contributed by atoms with Gasteiger partial charge in [-0.2, -0.15) is 0 Å². The van der Waals surface area contributed by atoms with Gasteiger partial charge in [-0.3, -0.25) is 9.69 Å². The first-order valence-corrected chi connectivity index (χ1v) is 13.1. The normalized spacial score (nSPS) is 18.3. The first-order chi connectivity index (χ1) is 16.9. The molecule has 1 aliphatic heterocycles. The minimum absolute atomic E-state index is 0.0239. The summed E-state index contributed by atoms with van der Waals surface area (Å²) in [6.45, 7) is 8.41. The lowest BCUT2D eigenvalue weighted by atomic mass is 9.91. The summed E-state index contributed by atoms with van der Waals surface area (Å²) in [5.41, 5.74) is 4.17. The number of piperidine rings is 1. The molecule has 2 unspecified atom stereocenters. The lowest BCUT2D eigenvalue weighted by Gasteiger charge is -2.35. The third kappa shape index (κ3) is 6.61. The van der Waals surface area contributed by atoms with Gasteiger partial charge >= 0.3 is 0 Å². The highest BCUT2D eigenvalue weighted by Gasteiger charge is 2.22. The molecule has 0 saturated carbocycles. The molecule has 1 N–H and O–H groups in total. The number of carbonyl (C=O) groups excluding carboxylic acids is 1. The topological polar surface area (TPSA) is 63.7 Å². The molecule has 35 heavy (non-hydrogen) atoms. The summed E-state index contributed by atoms with van der Waals surface area (Å²) in [5.74, 6) is 2.77. The molecule has 1 aliphatic rings. The summed E-state index contributed by atoms with van der Waals surface area (Å²) in [6, 6.07) is 14.1. The van der Waals surface area contributed by atoms with Crippen LogP contribution in [0.2, 0.25) is 0 Å². The van der Waals surface area contributed by atoms with Gasteiger partial charge in [0.2, 0.25) is 5.91 Å². The van der Waals surface area contributed by atoms with E-state index in [-0.39, 0.29) is 12.3 Å². The molecule has 2 heterocycles. The maximum Gasteiger partial charge on any atom is 0.226 e. The van der Waals surface area contributed by atoms with Crippen molar-refractivity contribution in [1.82, 2.24) is 15.2 Å². The Balaban J connectivity index is 1.35. The lowest BCUT2D eigenvalue weighted by molar-refractivity contribution is -0.120. The van der Waals surface area contributed by atoms with Crippen LogP contribution < -0.4 is 14.8 Å². The molecule has 6 nitrogen and oxygen atoms in total. The molecular formula is C28H35N3O3S. The molecule has 3 aromatic rings. The summed E-state index contributed by atoms with van der Waals surface area (Å²) >= 11 is 1.52. The molecule has 186 valence electrons. The van der Waals surface area contributed by atoms with Crippen LogP contribution in [0.25, 0.3) is 10.6 Å². The van der Waals surface area contributed by atoms with Gasteiger partial charge in [0, 0.05) is 37.1 Å². The smallest absolute Gasteiger partial charge is 0.226 e. The maximum atomic E-state index is 12.7. The van der Waals surface area contributed by atoms with E-state index in [0.717, 1.165) is 47.7 Å². The molecule has 0 bridgehead atoms. The number of thiazole rings is 1. The zero-order valence-corrected chi connectivity index (χ0v) is 21.9. The lowest BCUT2D eigenvalue weighted by Crippen LogP contribution is -2.38. The van der Waals surface area contributed by atoms with Crippen LogP contribution in [0, 0.1) is 11.8 Å². The minimum Gasteiger partial charge on any atom is -0.493 e. The van der Waals surface area contributed by atoms with Crippen LogP contribution in [0.3, 0.4) is 0 Å². The van der Waals surface area contributed by atoms with Gasteiger partial charge in [-0.05, 0) is 47.6 Å². The van der Waals surface area contributed by atoms with Crippen molar-refractivity contribution in [3.63, 3.8) is 0 Å². The first-order valence-electron chi connectivity index (χ1n) is 12.2. The van der Waals surface area contributed by atoms with Crippen LogP contribution in [0.1, 0.15) is 37.1 Å². The largest absolute Gasteiger partial charge is 0.493 e. The Morgan fingerprint density at radius 1 is 1.06 bits per heavy atom. The molecule has 1 saturated heterocycles. The molecular weight excluding hydrogens is 458 g/mol. The molecule has 2 aromatic carbocycles. The van der Waals surface area contributed by atoms with Crippen LogP contribution in [0.4, 0.5) is 0 Å². The molecule has 1 aromatic heterocycles. The van der Waals surface area contributed by atoms with Crippen molar-refractivity contribution < 1.29 is 14.3 Å². The predicted octanol–water partition coefficient (Wildman–Crippen LogP) is 5.16. The van der Waals surface area contributed by atoms with Gasteiger partial charge in [-0.15, -0.1) is 11.3 Å². The van der Waals surface area contributed by atoms with Gasteiger partial charge in [-0.1, -0.05) is 38.1 Å². The number of nitrogens with zero attached hydrogens (tertiary/aromatic N) is 2. The number of amides is 1. The number of hydrogen-bond donors (Lipinski definition) is 1. The van der Waals surface area contributed by atoms with E-state index in [1.807, 2.05) is 29.6 Å². The fourth-order valence-corrected chi connectivity index (χ4v) is 5.77. The van der Waals surface area contributed by atoms with Gasteiger partial charge in [0.15, 0.2) is 11.5 Å². The standard InChI is InChI=1S/C28H35N3O3S/c1-19-11-20(2)16-31(15-19)17-23-8-6-5-7-22(23)14-29-27(32)13-24-18-35-28(30-24)21-9-10-25(33-3)26(12-21)34-4/h5-10,12,18-20H,11,13-17H2,1-4H3,(H,29,32). The fourth-order valence-electron chi connectivity index (χ4n) is 4.96. The number of rotatable bonds is 9. The van der Waals surface area contributed by atoms with E-state index in [1.165, 1.54) is 28.9 Å². The van der Waals surface area contributed by atoms with Gasteiger partial charge in [0.05, 0.1) is 26.3 Å². The van der Waals surface area contributed by atoms with Gasteiger partial charge in [0.25, 0.3) is 0 Å². The predicted molar refractivity (Wildman–Crippen MR) is 141 cm³/mol. The molecule has 1 fully saturated rings. The van der Waals surface area contributed by atoms with Crippen LogP contribution in [-0.2, 0) is 24.3 Å². The van der Waals surface area contributed by atoms with E-state index in [9.17, 15) is 4.79 Å². The van der Waals surface area contributed by atoms with Gasteiger partial charge in [0.1, 0.15) is 5.01 Å². The number of benzene rings is 2. The quantitative estimate of drug-likeness (QED) is 0.446. The van der Waals surface area contributed by atoms with E-state index >= 15 is 0 Å². The number of aromatic nitrogens is 1. The second-order valence-electron chi connectivity index (χ2n) is 9.58. The first kappa shape index (κ1) is 25.2. The molecule has 0 aliphatic carbocycles. The number of hydrogen-bond acceptors (Lipinski definition) is 6. The second-order valence-corrected chi connectivity index (χ2v) is 10.4. The van der Waals surface area contributed by atoms with Crippen molar-refractivity contribution in [2.45, 2.75) is 39.8 Å². The summed E-state index contributed by atoms with van der Waals surface area (Å²) < 4.78 is 10.7. The van der Waals surface area contributed by atoms with Crippen molar-refractivity contribution in [3.8, 4) is 22.1 Å². The number of methoxy groups -OCH3 is 2. The van der Waals surface area contributed by atoms with E-state index < -0.39 is 0 Å². The Bertz CT molecular complexity index is 1140. The number of ether oxygens (including phenoxy) is 2. The highest BCUT2D eigenvalue weighted by molar-refractivity contribution is 7.13. The number of likely N-dealkylation sites (tertiary alicyclic amines) is 1. The third-order valence-corrected chi connectivity index (χ3v) is 7.40. The molecule has 4 rings (SSSR count). The van der Waals surface area contributed by atoms with Crippen molar-refractivity contribution in [2.24, 2.45) is 11.8 Å². The molecule has 0 radical (unpaired) electrons. The highest BCUT2D eigenvalue weighted by Crippen LogP contribution is 2.33. The SMILES string of the molecule is COc1ccc(-c2nc(CC(=O)NCc3ccccc3CN3CC(C)CC(C)C3)cs2)cc1OC. The molecule has 1 amide bonds. The Morgan fingerprint density at radius 2 is 1.77 bits per heavy atom. The van der Waals surface area contributed by atoms with Gasteiger partial charge < -0.3 is 14.8 Å². The number of nitrogens with one attached hydrogen (secondary N) is 1. The third-order valence-electron chi connectivity index (χ3n) is 6.46. The average Bonchev–Trinajstić information content (AvgIpc) is 3.30. The summed E-state index contributed by atoms with van der Waals surface area (Å²) in [7, 11) is 3.23. The Labute approximate surface area is 212 Å². The monoisotopic (exact) mass is 493 g/mol. The zero-order valence-electron chi connectivity index (χ0n) is 21.0. The average molecular weight is 494 g/mol. The van der Waals surface area contributed by atoms with E-state index in [4.69, 9.17) is 9.47 Å². The van der Waals surface area contributed by atoms with Crippen molar-refractivity contribution in [1.29, 1.82) is 0 Å². The Hall–Kier alpha value is -2.90. The van der Waals surface area contributed by atoms with E-state index in [0.29, 0.717) is 18.0 Å². The fraction of sp³-hybridized carbons (Fsp3) is 0.429. The molecule has 7 heteroatoms. The van der Waals surface area contributed by atoms with Crippen molar-refractivity contribution in [2.75, 3.05) is 27.3 Å². The van der Waals surface area contributed by atoms with E-state index in [1.54, 1.807) is 14.2 Å². The zero-order chi connectivity index (χ0) is 24.8. The van der Waals surface area contributed by atoms with Crippen LogP contribution >= 0.6 is 11.3 Å². The van der Waals surface area contributed by atoms with Crippen LogP contribution in [0.5, 0.6) is 11.5 Å². The van der Waals surface area contributed by atoms with E-state index in [2.05, 4.69) is 47.2 Å². The Kier molecular flexibility index (Phi) is 8.42. The highest BCUT2D eigenvalue weighted by atomic mass is 32.1. The second kappa shape index (κ2) is 11.7. The number of carbonyl (C=O) groups is 1. The Morgan fingerprint density at radius 3 is 2.49 bits per heavy atom. The molecule has 2 atom stereocenters. The maximum absolute atomic E-state index is 12.7. The van der Waals surface area contributed by atoms with Crippen LogP contribution in [-0.4, -0.2) is 43.1 Å². The minimum atomic E-state index is -0.0239. The molecule has 0 spiro atoms. The summed E-state index contributed by atoms with van der Waals surface area (Å²) in [4.78, 5) is 19.9. The summed E-state index contributed by atoms with van der Waals surface area (Å²) in [5, 5.41) is 5.89. The van der Waals surface area contributed by atoms with Gasteiger partial charge in [-0.25, -0.2) is 4.98 Å². The van der Waals surface area contributed by atoms with Crippen molar-refractivity contribution >= 4 is 17.2 Å². The van der Waals surface area contributed by atoms with Crippen LogP contribution in [0.15, 0.2) is 47.8 Å².